The van der Waals surface area contributed by atoms with Gasteiger partial charge in [0.25, 0.3) is 0 Å². The van der Waals surface area contributed by atoms with Gasteiger partial charge in [-0.1, -0.05) is 43.3 Å². The zero-order valence-electron chi connectivity index (χ0n) is 19.6. The maximum absolute atomic E-state index is 13.7. The third-order valence-corrected chi connectivity index (χ3v) is 8.53. The molecule has 6 rings (SSSR count). The van der Waals surface area contributed by atoms with E-state index < -0.39 is 23.3 Å². The van der Waals surface area contributed by atoms with Crippen LogP contribution in [0.25, 0.3) is 0 Å². The van der Waals surface area contributed by atoms with Crippen molar-refractivity contribution in [2.75, 3.05) is 0 Å². The number of fused-ring (bicyclic) bond motifs is 4. The molecule has 2 N–H and O–H groups in total. The van der Waals surface area contributed by atoms with E-state index in [-0.39, 0.29) is 35.8 Å². The minimum absolute atomic E-state index is 0.120. The number of benzene rings is 3. The summed E-state index contributed by atoms with van der Waals surface area (Å²) in [7, 11) is 0. The summed E-state index contributed by atoms with van der Waals surface area (Å²) in [5.74, 6) is -0.301. The molecular weight excluding hydrogens is 469 g/mol. The summed E-state index contributed by atoms with van der Waals surface area (Å²) in [4.78, 5) is 11.5. The predicted octanol–water partition coefficient (Wildman–Crippen LogP) is 5.61. The lowest BCUT2D eigenvalue weighted by Gasteiger charge is -2.28. The Morgan fingerprint density at radius 3 is 2.56 bits per heavy atom. The topological polar surface area (TPSA) is 66.8 Å². The molecule has 7 heteroatoms. The molecule has 0 bridgehead atoms. The summed E-state index contributed by atoms with van der Waals surface area (Å²) in [5, 5.41) is 21.0. The SMILES string of the molecule is C[C@]12c3ccc(OCc4ccc5c(c4)C(O)(c4ccccc4C(F)(F)F)CC5)cc3C[C@H]1[C@@H]2C(=O)O. The van der Waals surface area contributed by atoms with Gasteiger partial charge in [-0.2, -0.15) is 13.2 Å². The predicted molar refractivity (Wildman–Crippen MR) is 126 cm³/mol. The highest BCUT2D eigenvalue weighted by Gasteiger charge is 2.69. The quantitative estimate of drug-likeness (QED) is 0.484. The number of rotatable bonds is 5. The number of carboxylic acid groups (broad SMARTS) is 1. The van der Waals surface area contributed by atoms with Gasteiger partial charge >= 0.3 is 12.1 Å². The number of aliphatic carboxylic acids is 1. The first kappa shape index (κ1) is 23.1. The lowest BCUT2D eigenvalue weighted by molar-refractivity contribution is -0.140. The van der Waals surface area contributed by atoms with Crippen molar-refractivity contribution >= 4 is 5.97 Å². The maximum Gasteiger partial charge on any atom is 0.416 e. The Kier molecular flexibility index (Phi) is 4.87. The molecule has 1 unspecified atom stereocenters. The molecule has 0 heterocycles. The summed E-state index contributed by atoms with van der Waals surface area (Å²) in [6.45, 7) is 2.20. The molecule has 0 radical (unpaired) electrons. The van der Waals surface area contributed by atoms with Crippen molar-refractivity contribution < 1.29 is 32.9 Å². The Bertz CT molecular complexity index is 1400. The van der Waals surface area contributed by atoms with Crippen LogP contribution in [-0.2, 0) is 41.4 Å². The number of aliphatic hydroxyl groups is 1. The van der Waals surface area contributed by atoms with Crippen LogP contribution in [0.4, 0.5) is 13.2 Å². The van der Waals surface area contributed by atoms with E-state index >= 15 is 0 Å². The van der Waals surface area contributed by atoms with E-state index in [1.807, 2.05) is 37.3 Å². The number of carboxylic acids is 1. The van der Waals surface area contributed by atoms with Crippen LogP contribution < -0.4 is 4.74 Å². The summed E-state index contributed by atoms with van der Waals surface area (Å²) in [6.07, 6.45) is -3.18. The highest BCUT2D eigenvalue weighted by atomic mass is 19.4. The maximum atomic E-state index is 13.7. The summed E-state index contributed by atoms with van der Waals surface area (Å²) in [5.41, 5.74) is 1.26. The molecule has 1 fully saturated rings. The fourth-order valence-corrected chi connectivity index (χ4v) is 6.62. The Labute approximate surface area is 206 Å². The van der Waals surface area contributed by atoms with Gasteiger partial charge < -0.3 is 14.9 Å². The molecule has 3 aliphatic carbocycles. The van der Waals surface area contributed by atoms with Crippen LogP contribution in [0.1, 0.15) is 52.3 Å². The molecular formula is C29H25F3O4. The van der Waals surface area contributed by atoms with E-state index in [2.05, 4.69) is 0 Å². The third-order valence-electron chi connectivity index (χ3n) is 8.53. The van der Waals surface area contributed by atoms with Gasteiger partial charge in [-0.25, -0.2) is 0 Å². The van der Waals surface area contributed by atoms with Crippen molar-refractivity contribution in [1.29, 1.82) is 0 Å². The summed E-state index contributed by atoms with van der Waals surface area (Å²) >= 11 is 0. The number of hydrogen-bond donors (Lipinski definition) is 2. The molecule has 186 valence electrons. The molecule has 4 nitrogen and oxygen atoms in total. The Hall–Kier alpha value is -3.32. The van der Waals surface area contributed by atoms with Crippen molar-refractivity contribution in [1.82, 2.24) is 0 Å². The number of carbonyl (C=O) groups is 1. The number of halogens is 3. The number of ether oxygens (including phenoxy) is 1. The van der Waals surface area contributed by atoms with Crippen LogP contribution in [0.15, 0.2) is 60.7 Å². The van der Waals surface area contributed by atoms with Crippen LogP contribution in [0.3, 0.4) is 0 Å². The molecule has 1 saturated carbocycles. The van der Waals surface area contributed by atoms with Crippen molar-refractivity contribution in [2.45, 2.75) is 50.0 Å². The van der Waals surface area contributed by atoms with Gasteiger partial charge in [-0.3, -0.25) is 4.79 Å². The molecule has 0 spiro atoms. The number of hydrogen-bond acceptors (Lipinski definition) is 3. The highest BCUT2D eigenvalue weighted by molar-refractivity contribution is 5.80. The van der Waals surface area contributed by atoms with E-state index in [1.54, 1.807) is 6.07 Å². The van der Waals surface area contributed by atoms with Crippen molar-refractivity contribution in [2.24, 2.45) is 11.8 Å². The molecule has 4 atom stereocenters. The van der Waals surface area contributed by atoms with E-state index in [1.165, 1.54) is 18.2 Å². The monoisotopic (exact) mass is 494 g/mol. The molecule has 3 aromatic rings. The van der Waals surface area contributed by atoms with E-state index in [4.69, 9.17) is 4.74 Å². The van der Waals surface area contributed by atoms with Crippen LogP contribution in [0.5, 0.6) is 5.75 Å². The van der Waals surface area contributed by atoms with Crippen molar-refractivity contribution in [3.05, 3.63) is 99.6 Å². The summed E-state index contributed by atoms with van der Waals surface area (Å²) in [6, 6.07) is 16.4. The van der Waals surface area contributed by atoms with Gasteiger partial charge in [0, 0.05) is 11.0 Å². The Morgan fingerprint density at radius 2 is 1.81 bits per heavy atom. The molecule has 0 aromatic heterocycles. The lowest BCUT2D eigenvalue weighted by Crippen LogP contribution is -2.28. The van der Waals surface area contributed by atoms with Crippen LogP contribution in [-0.4, -0.2) is 16.2 Å². The van der Waals surface area contributed by atoms with Gasteiger partial charge in [0.15, 0.2) is 0 Å². The van der Waals surface area contributed by atoms with E-state index in [0.29, 0.717) is 24.2 Å². The Morgan fingerprint density at radius 1 is 1.03 bits per heavy atom. The van der Waals surface area contributed by atoms with Crippen LogP contribution >= 0.6 is 0 Å². The average Bonchev–Trinajstić information content (AvgIpc) is 3.13. The molecule has 3 aromatic carbocycles. The standard InChI is InChI=1S/C29H25F3O4/c1-27-20-9-8-19(13-18(20)14-24(27)25(27)26(33)34)36-15-16-6-7-17-10-11-28(35,23(17)12-16)21-4-2-3-5-22(21)29(30,31)32/h2-9,12-13,24-25,35H,10-11,14-15H2,1H3,(H,33,34)/t24-,25+,27-,28?/m0/s1. The smallest absolute Gasteiger partial charge is 0.416 e. The van der Waals surface area contributed by atoms with Gasteiger partial charge in [-0.05, 0) is 77.3 Å². The Balaban J connectivity index is 1.24. The highest BCUT2D eigenvalue weighted by Crippen LogP contribution is 2.66. The fourth-order valence-electron chi connectivity index (χ4n) is 6.62. The fraction of sp³-hybridized carbons (Fsp3) is 0.345. The first-order chi connectivity index (χ1) is 17.0. The molecule has 0 amide bonds. The summed E-state index contributed by atoms with van der Waals surface area (Å²) < 4.78 is 47.1. The third kappa shape index (κ3) is 3.29. The first-order valence-corrected chi connectivity index (χ1v) is 12.0. The van der Waals surface area contributed by atoms with Gasteiger partial charge in [0.05, 0.1) is 11.5 Å². The second-order valence-electron chi connectivity index (χ2n) is 10.4. The average molecular weight is 495 g/mol. The van der Waals surface area contributed by atoms with E-state index in [0.717, 1.165) is 28.3 Å². The molecule has 3 aliphatic rings. The molecule has 0 aliphatic heterocycles. The first-order valence-electron chi connectivity index (χ1n) is 12.0. The zero-order chi connectivity index (χ0) is 25.5. The van der Waals surface area contributed by atoms with Crippen molar-refractivity contribution in [3.8, 4) is 5.75 Å². The minimum atomic E-state index is -4.56. The zero-order valence-corrected chi connectivity index (χ0v) is 19.6. The van der Waals surface area contributed by atoms with Crippen LogP contribution in [0.2, 0.25) is 0 Å². The number of alkyl halides is 3. The van der Waals surface area contributed by atoms with Gasteiger partial charge in [0.1, 0.15) is 18.0 Å². The number of aryl methyl sites for hydroxylation is 1. The second-order valence-corrected chi connectivity index (χ2v) is 10.4. The molecule has 36 heavy (non-hydrogen) atoms. The normalized spacial score (nSPS) is 27.8. The van der Waals surface area contributed by atoms with E-state index in [9.17, 15) is 28.2 Å². The van der Waals surface area contributed by atoms with Gasteiger partial charge in [-0.15, -0.1) is 0 Å². The lowest BCUT2D eigenvalue weighted by atomic mass is 9.84. The molecule has 0 saturated heterocycles. The largest absolute Gasteiger partial charge is 0.489 e. The van der Waals surface area contributed by atoms with Crippen molar-refractivity contribution in [3.63, 3.8) is 0 Å². The minimum Gasteiger partial charge on any atom is -0.489 e. The van der Waals surface area contributed by atoms with Crippen LogP contribution in [0, 0.1) is 11.8 Å². The second kappa shape index (κ2) is 7.59. The van der Waals surface area contributed by atoms with Gasteiger partial charge in [0.2, 0.25) is 0 Å².